The molecule has 0 bridgehead atoms. The second kappa shape index (κ2) is 11.6. The first-order valence-corrected chi connectivity index (χ1v) is 10.7. The highest BCUT2D eigenvalue weighted by atomic mass is 35.5. The fourth-order valence-electron chi connectivity index (χ4n) is 2.78. The summed E-state index contributed by atoms with van der Waals surface area (Å²) in [6.07, 6.45) is 1.36. The third-order valence-electron chi connectivity index (χ3n) is 4.59. The van der Waals surface area contributed by atoms with Gasteiger partial charge in [-0.2, -0.15) is 5.10 Å². The van der Waals surface area contributed by atoms with E-state index in [0.29, 0.717) is 45.5 Å². The lowest BCUT2D eigenvalue weighted by atomic mass is 10.2. The van der Waals surface area contributed by atoms with E-state index in [9.17, 15) is 14.4 Å². The summed E-state index contributed by atoms with van der Waals surface area (Å²) in [6, 6.07) is 18.1. The summed E-state index contributed by atoms with van der Waals surface area (Å²) in [4.78, 5) is 36.3. The standard InChI is InChI=1S/C25H22ClN3O5/c1-3-33-19-13-9-18(10-14-19)25(32)34-20-11-7-17(8-12-20)15-27-29-24(31)23(30)28-22-6-4-5-21(26)16(22)2/h4-15H,3H2,1-2H3,(H,28,30)(H,29,31)/b27-15-. The van der Waals surface area contributed by atoms with Crippen molar-refractivity contribution in [3.63, 3.8) is 0 Å². The molecule has 34 heavy (non-hydrogen) atoms. The van der Waals surface area contributed by atoms with E-state index in [4.69, 9.17) is 21.1 Å². The number of hydrazone groups is 1. The highest BCUT2D eigenvalue weighted by Crippen LogP contribution is 2.22. The van der Waals surface area contributed by atoms with Crippen molar-refractivity contribution >= 4 is 41.3 Å². The fourth-order valence-corrected chi connectivity index (χ4v) is 2.95. The molecule has 0 saturated heterocycles. The molecule has 2 amide bonds. The number of amides is 2. The number of carbonyl (C=O) groups is 3. The summed E-state index contributed by atoms with van der Waals surface area (Å²) in [6.45, 7) is 4.15. The second-order valence-electron chi connectivity index (χ2n) is 6.98. The van der Waals surface area contributed by atoms with Crippen molar-refractivity contribution in [1.29, 1.82) is 0 Å². The van der Waals surface area contributed by atoms with Crippen molar-refractivity contribution < 1.29 is 23.9 Å². The maximum atomic E-state index is 12.3. The van der Waals surface area contributed by atoms with E-state index in [-0.39, 0.29) is 0 Å². The third kappa shape index (κ3) is 6.66. The molecular weight excluding hydrogens is 458 g/mol. The zero-order chi connectivity index (χ0) is 24.5. The van der Waals surface area contributed by atoms with Crippen LogP contribution in [0.1, 0.15) is 28.4 Å². The van der Waals surface area contributed by atoms with Gasteiger partial charge in [0.2, 0.25) is 0 Å². The van der Waals surface area contributed by atoms with Crippen LogP contribution in [-0.4, -0.2) is 30.6 Å². The summed E-state index contributed by atoms with van der Waals surface area (Å²) >= 11 is 6.01. The zero-order valence-electron chi connectivity index (χ0n) is 18.5. The Labute approximate surface area is 201 Å². The Morgan fingerprint density at radius 3 is 2.29 bits per heavy atom. The normalized spacial score (nSPS) is 10.6. The lowest BCUT2D eigenvalue weighted by molar-refractivity contribution is -0.136. The van der Waals surface area contributed by atoms with Gasteiger partial charge in [0.15, 0.2) is 0 Å². The molecule has 0 aliphatic heterocycles. The van der Waals surface area contributed by atoms with E-state index in [2.05, 4.69) is 15.8 Å². The minimum Gasteiger partial charge on any atom is -0.494 e. The Bertz CT molecular complexity index is 1210. The predicted octanol–water partition coefficient (Wildman–Crippen LogP) is 4.36. The Hall–Kier alpha value is -4.17. The maximum absolute atomic E-state index is 12.3. The molecule has 0 aromatic heterocycles. The van der Waals surface area contributed by atoms with Crippen LogP contribution in [-0.2, 0) is 9.59 Å². The Morgan fingerprint density at radius 1 is 0.941 bits per heavy atom. The molecule has 0 aliphatic rings. The van der Waals surface area contributed by atoms with Crippen LogP contribution in [0.3, 0.4) is 0 Å². The molecule has 0 radical (unpaired) electrons. The van der Waals surface area contributed by atoms with Crippen molar-refractivity contribution in [2.75, 3.05) is 11.9 Å². The van der Waals surface area contributed by atoms with Gasteiger partial charge in [0.25, 0.3) is 0 Å². The van der Waals surface area contributed by atoms with Gasteiger partial charge >= 0.3 is 17.8 Å². The summed E-state index contributed by atoms with van der Waals surface area (Å²) < 4.78 is 10.7. The number of benzene rings is 3. The van der Waals surface area contributed by atoms with Crippen LogP contribution in [0.4, 0.5) is 5.69 Å². The maximum Gasteiger partial charge on any atom is 0.343 e. The molecule has 9 heteroatoms. The molecule has 0 spiro atoms. The van der Waals surface area contributed by atoms with E-state index < -0.39 is 17.8 Å². The number of hydrogen-bond donors (Lipinski definition) is 2. The number of halogens is 1. The lowest BCUT2D eigenvalue weighted by Gasteiger charge is -2.08. The number of nitrogens with zero attached hydrogens (tertiary/aromatic N) is 1. The summed E-state index contributed by atoms with van der Waals surface area (Å²) in [5, 5.41) is 6.73. The lowest BCUT2D eigenvalue weighted by Crippen LogP contribution is -2.32. The van der Waals surface area contributed by atoms with Gasteiger partial charge in [0.05, 0.1) is 18.4 Å². The third-order valence-corrected chi connectivity index (χ3v) is 5.00. The molecule has 2 N–H and O–H groups in total. The largest absolute Gasteiger partial charge is 0.494 e. The minimum absolute atomic E-state index is 0.344. The molecule has 0 atom stereocenters. The van der Waals surface area contributed by atoms with Crippen LogP contribution in [0.25, 0.3) is 0 Å². The van der Waals surface area contributed by atoms with E-state index in [0.717, 1.165) is 0 Å². The van der Waals surface area contributed by atoms with Gasteiger partial charge in [0, 0.05) is 10.7 Å². The quantitative estimate of drug-likeness (QED) is 0.172. The second-order valence-corrected chi connectivity index (χ2v) is 7.39. The number of hydrogen-bond acceptors (Lipinski definition) is 6. The SMILES string of the molecule is CCOc1ccc(C(=O)Oc2ccc(/C=N\NC(=O)C(=O)Nc3cccc(Cl)c3C)cc2)cc1. The Balaban J connectivity index is 1.51. The van der Waals surface area contributed by atoms with Crippen molar-refractivity contribution in [1.82, 2.24) is 5.43 Å². The molecule has 0 aliphatic carbocycles. The number of nitrogens with one attached hydrogen (secondary N) is 2. The zero-order valence-corrected chi connectivity index (χ0v) is 19.3. The molecule has 8 nitrogen and oxygen atoms in total. The average molecular weight is 480 g/mol. The fraction of sp³-hybridized carbons (Fsp3) is 0.120. The molecule has 0 unspecified atom stereocenters. The molecule has 3 rings (SSSR count). The van der Waals surface area contributed by atoms with Crippen molar-refractivity contribution in [3.8, 4) is 11.5 Å². The van der Waals surface area contributed by atoms with Gasteiger partial charge in [0.1, 0.15) is 11.5 Å². The molecule has 3 aromatic rings. The van der Waals surface area contributed by atoms with Crippen LogP contribution < -0.4 is 20.2 Å². The number of carbonyl (C=O) groups excluding carboxylic acids is 3. The van der Waals surface area contributed by atoms with Crippen molar-refractivity contribution in [3.05, 3.63) is 88.4 Å². The van der Waals surface area contributed by atoms with E-state index >= 15 is 0 Å². The van der Waals surface area contributed by atoms with Gasteiger partial charge < -0.3 is 14.8 Å². The summed E-state index contributed by atoms with van der Waals surface area (Å²) in [5.74, 6) is -1.29. The van der Waals surface area contributed by atoms with Crippen molar-refractivity contribution in [2.45, 2.75) is 13.8 Å². The first-order valence-electron chi connectivity index (χ1n) is 10.3. The highest BCUT2D eigenvalue weighted by molar-refractivity contribution is 6.40. The first kappa shape index (κ1) is 24.5. The van der Waals surface area contributed by atoms with Crippen LogP contribution in [0.15, 0.2) is 71.8 Å². The van der Waals surface area contributed by atoms with Gasteiger partial charge in [-0.05, 0) is 85.6 Å². The topological polar surface area (TPSA) is 106 Å². The highest BCUT2D eigenvalue weighted by Gasteiger charge is 2.14. The molecule has 0 saturated carbocycles. The van der Waals surface area contributed by atoms with E-state index in [1.807, 2.05) is 6.92 Å². The molecule has 0 heterocycles. The summed E-state index contributed by atoms with van der Waals surface area (Å²) in [5.41, 5.74) is 4.25. The van der Waals surface area contributed by atoms with Gasteiger partial charge in [-0.1, -0.05) is 17.7 Å². The predicted molar refractivity (Wildman–Crippen MR) is 130 cm³/mol. The van der Waals surface area contributed by atoms with Crippen LogP contribution in [0.2, 0.25) is 5.02 Å². The number of rotatable bonds is 7. The van der Waals surface area contributed by atoms with Crippen LogP contribution >= 0.6 is 11.6 Å². The Morgan fingerprint density at radius 2 is 1.62 bits per heavy atom. The van der Waals surface area contributed by atoms with E-state index in [1.165, 1.54) is 6.21 Å². The van der Waals surface area contributed by atoms with E-state index in [1.54, 1.807) is 73.7 Å². The minimum atomic E-state index is -0.934. The molecule has 174 valence electrons. The number of ether oxygens (including phenoxy) is 2. The van der Waals surface area contributed by atoms with Crippen molar-refractivity contribution in [2.24, 2.45) is 5.10 Å². The van der Waals surface area contributed by atoms with Gasteiger partial charge in [-0.15, -0.1) is 0 Å². The van der Waals surface area contributed by atoms with Crippen LogP contribution in [0, 0.1) is 6.92 Å². The average Bonchev–Trinajstić information content (AvgIpc) is 2.83. The first-order chi connectivity index (χ1) is 16.4. The number of anilines is 1. The monoisotopic (exact) mass is 479 g/mol. The Kier molecular flexibility index (Phi) is 8.37. The number of esters is 1. The molecular formula is C25H22ClN3O5. The smallest absolute Gasteiger partial charge is 0.343 e. The van der Waals surface area contributed by atoms with Gasteiger partial charge in [-0.3, -0.25) is 9.59 Å². The van der Waals surface area contributed by atoms with Gasteiger partial charge in [-0.25, -0.2) is 10.2 Å². The summed E-state index contributed by atoms with van der Waals surface area (Å²) in [7, 11) is 0. The molecule has 0 fully saturated rings. The molecule has 3 aromatic carbocycles. The van der Waals surface area contributed by atoms with Crippen LogP contribution in [0.5, 0.6) is 11.5 Å².